The van der Waals surface area contributed by atoms with Crippen molar-refractivity contribution in [3.05, 3.63) is 72.1 Å². The molecule has 2 heterocycles. The molecule has 1 fully saturated rings. The number of carbonyl (C=O) groups excluding carboxylic acids is 1. The molecule has 5 N–H and O–H groups in total. The summed E-state index contributed by atoms with van der Waals surface area (Å²) in [4.78, 5) is 24.7. The Hall–Kier alpha value is -3.94. The average Bonchev–Trinajstić information content (AvgIpc) is 3.12. The Morgan fingerprint density at radius 3 is 2.16 bits per heavy atom. The fourth-order valence-corrected chi connectivity index (χ4v) is 4.00. The van der Waals surface area contributed by atoms with E-state index in [9.17, 15) is 9.59 Å². The molecule has 8 nitrogen and oxygen atoms in total. The zero-order chi connectivity index (χ0) is 22.0. The third-order valence-electron chi connectivity index (χ3n) is 5.61. The minimum absolute atomic E-state index is 0.0654. The standard InChI is InChI=1S/C23H24N4O4/c24-20-19(15-10-12-26(13-11-15)23(29)30)14-27(21(20)22(25)28)16-6-8-18(9-7-16)31-17-4-2-1-3-5-17/h1-9,14-15H,10-13,24H2,(H2,25,28)(H,29,30). The lowest BCUT2D eigenvalue weighted by Gasteiger charge is -2.29. The zero-order valence-corrected chi connectivity index (χ0v) is 16.9. The first-order valence-electron chi connectivity index (χ1n) is 10.1. The maximum absolute atomic E-state index is 12.2. The smallest absolute Gasteiger partial charge is 0.407 e. The second-order valence-electron chi connectivity index (χ2n) is 7.53. The molecular weight excluding hydrogens is 396 g/mol. The first kappa shape index (κ1) is 20.3. The number of amides is 2. The van der Waals surface area contributed by atoms with Crippen LogP contribution in [0.3, 0.4) is 0 Å². The molecule has 31 heavy (non-hydrogen) atoms. The average molecular weight is 420 g/mol. The minimum Gasteiger partial charge on any atom is -0.465 e. The number of carboxylic acid groups (broad SMARTS) is 1. The Balaban J connectivity index is 1.60. The summed E-state index contributed by atoms with van der Waals surface area (Å²) < 4.78 is 7.52. The number of hydrogen-bond acceptors (Lipinski definition) is 4. The molecule has 1 aliphatic heterocycles. The van der Waals surface area contributed by atoms with Crippen LogP contribution in [0.15, 0.2) is 60.8 Å². The van der Waals surface area contributed by atoms with Crippen molar-refractivity contribution in [3.63, 3.8) is 0 Å². The number of likely N-dealkylation sites (tertiary alicyclic amines) is 1. The van der Waals surface area contributed by atoms with Gasteiger partial charge in [-0.15, -0.1) is 0 Å². The molecule has 1 saturated heterocycles. The number of anilines is 1. The van der Waals surface area contributed by atoms with Crippen molar-refractivity contribution in [1.82, 2.24) is 9.47 Å². The van der Waals surface area contributed by atoms with Crippen LogP contribution in [0.5, 0.6) is 11.5 Å². The molecule has 2 aromatic carbocycles. The SMILES string of the molecule is NC(=O)c1c(N)c(C2CCN(C(=O)O)CC2)cn1-c1ccc(Oc2ccccc2)cc1. The lowest BCUT2D eigenvalue weighted by atomic mass is 9.90. The molecule has 0 radical (unpaired) electrons. The van der Waals surface area contributed by atoms with Crippen LogP contribution in [0.4, 0.5) is 10.5 Å². The molecular formula is C23H24N4O4. The third-order valence-corrected chi connectivity index (χ3v) is 5.61. The molecule has 0 aliphatic carbocycles. The highest BCUT2D eigenvalue weighted by molar-refractivity contribution is 5.98. The highest BCUT2D eigenvalue weighted by atomic mass is 16.5. The van der Waals surface area contributed by atoms with Gasteiger partial charge in [0.1, 0.15) is 17.2 Å². The van der Waals surface area contributed by atoms with Crippen molar-refractivity contribution in [2.45, 2.75) is 18.8 Å². The summed E-state index contributed by atoms with van der Waals surface area (Å²) in [5, 5.41) is 9.16. The van der Waals surface area contributed by atoms with Gasteiger partial charge in [-0.05, 0) is 60.7 Å². The van der Waals surface area contributed by atoms with Gasteiger partial charge in [0.05, 0.1) is 5.69 Å². The van der Waals surface area contributed by atoms with E-state index in [0.717, 1.165) is 17.0 Å². The maximum atomic E-state index is 12.2. The third kappa shape index (κ3) is 4.18. The van der Waals surface area contributed by atoms with Crippen molar-refractivity contribution in [2.75, 3.05) is 18.8 Å². The van der Waals surface area contributed by atoms with Crippen LogP contribution in [0.1, 0.15) is 34.8 Å². The number of aromatic nitrogens is 1. The molecule has 1 aromatic heterocycles. The number of primary amides is 1. The highest BCUT2D eigenvalue weighted by Gasteiger charge is 2.28. The zero-order valence-electron chi connectivity index (χ0n) is 16.9. The number of para-hydroxylation sites is 1. The minimum atomic E-state index is -0.917. The molecule has 0 unspecified atom stereocenters. The molecule has 3 aromatic rings. The van der Waals surface area contributed by atoms with E-state index in [1.165, 1.54) is 4.90 Å². The summed E-state index contributed by atoms with van der Waals surface area (Å²) in [7, 11) is 0. The van der Waals surface area contributed by atoms with Gasteiger partial charge in [0.2, 0.25) is 0 Å². The van der Waals surface area contributed by atoms with Crippen molar-refractivity contribution < 1.29 is 19.4 Å². The van der Waals surface area contributed by atoms with Crippen molar-refractivity contribution in [3.8, 4) is 17.2 Å². The first-order valence-corrected chi connectivity index (χ1v) is 10.1. The summed E-state index contributed by atoms with van der Waals surface area (Å²) in [6.45, 7) is 0.865. The number of nitrogens with two attached hydrogens (primary N) is 2. The fraction of sp³-hybridized carbons (Fsp3) is 0.217. The molecule has 0 saturated carbocycles. The predicted octanol–water partition coefficient (Wildman–Crippen LogP) is 3.81. The van der Waals surface area contributed by atoms with E-state index in [1.807, 2.05) is 60.8 Å². The molecule has 1 aliphatic rings. The number of rotatable bonds is 5. The molecule has 2 amide bonds. The molecule has 0 atom stereocenters. The lowest BCUT2D eigenvalue weighted by Crippen LogP contribution is -2.36. The predicted molar refractivity (Wildman–Crippen MR) is 117 cm³/mol. The van der Waals surface area contributed by atoms with Gasteiger partial charge in [-0.25, -0.2) is 4.79 Å². The van der Waals surface area contributed by atoms with Gasteiger partial charge < -0.3 is 30.8 Å². The molecule has 0 bridgehead atoms. The topological polar surface area (TPSA) is 124 Å². The maximum Gasteiger partial charge on any atom is 0.407 e. The molecule has 8 heteroatoms. The highest BCUT2D eigenvalue weighted by Crippen LogP contribution is 2.36. The Morgan fingerprint density at radius 2 is 1.58 bits per heavy atom. The van der Waals surface area contributed by atoms with E-state index >= 15 is 0 Å². The lowest BCUT2D eigenvalue weighted by molar-refractivity contribution is 0.0994. The van der Waals surface area contributed by atoms with Gasteiger partial charge in [0.25, 0.3) is 5.91 Å². The largest absolute Gasteiger partial charge is 0.465 e. The van der Waals surface area contributed by atoms with Gasteiger partial charge in [-0.3, -0.25) is 4.79 Å². The Labute approximate surface area is 179 Å². The number of nitrogens with zero attached hydrogens (tertiary/aromatic N) is 2. The second kappa shape index (κ2) is 8.43. The Morgan fingerprint density at radius 1 is 0.968 bits per heavy atom. The van der Waals surface area contributed by atoms with Crippen LogP contribution in [0.25, 0.3) is 5.69 Å². The Kier molecular flexibility index (Phi) is 5.53. The molecule has 160 valence electrons. The number of benzene rings is 2. The van der Waals surface area contributed by atoms with E-state index in [4.69, 9.17) is 21.3 Å². The van der Waals surface area contributed by atoms with E-state index in [-0.39, 0.29) is 11.6 Å². The normalized spacial score (nSPS) is 14.4. The van der Waals surface area contributed by atoms with Crippen LogP contribution in [0, 0.1) is 0 Å². The number of carbonyl (C=O) groups is 2. The van der Waals surface area contributed by atoms with Crippen LogP contribution in [0.2, 0.25) is 0 Å². The number of piperidine rings is 1. The van der Waals surface area contributed by atoms with Gasteiger partial charge in [-0.2, -0.15) is 0 Å². The summed E-state index contributed by atoms with van der Waals surface area (Å²) in [5.41, 5.74) is 14.1. The van der Waals surface area contributed by atoms with Crippen LogP contribution < -0.4 is 16.2 Å². The van der Waals surface area contributed by atoms with Crippen LogP contribution >= 0.6 is 0 Å². The van der Waals surface area contributed by atoms with E-state index < -0.39 is 12.0 Å². The van der Waals surface area contributed by atoms with E-state index in [2.05, 4.69) is 0 Å². The summed E-state index contributed by atoms with van der Waals surface area (Å²) in [6.07, 6.45) is 2.20. The summed E-state index contributed by atoms with van der Waals surface area (Å²) in [6, 6.07) is 16.7. The molecule has 4 rings (SSSR count). The van der Waals surface area contributed by atoms with Crippen LogP contribution in [-0.4, -0.2) is 39.7 Å². The number of hydrogen-bond donors (Lipinski definition) is 3. The summed E-state index contributed by atoms with van der Waals surface area (Å²) >= 11 is 0. The first-order chi connectivity index (χ1) is 14.9. The molecule has 0 spiro atoms. The quantitative estimate of drug-likeness (QED) is 0.579. The monoisotopic (exact) mass is 420 g/mol. The van der Waals surface area contributed by atoms with Crippen molar-refractivity contribution in [1.29, 1.82) is 0 Å². The fourth-order valence-electron chi connectivity index (χ4n) is 4.00. The Bertz CT molecular complexity index is 1080. The van der Waals surface area contributed by atoms with Gasteiger partial charge in [-0.1, -0.05) is 18.2 Å². The van der Waals surface area contributed by atoms with Crippen molar-refractivity contribution >= 4 is 17.7 Å². The number of ether oxygens (including phenoxy) is 1. The van der Waals surface area contributed by atoms with Gasteiger partial charge in [0, 0.05) is 25.0 Å². The van der Waals surface area contributed by atoms with Gasteiger partial charge in [0.15, 0.2) is 0 Å². The second-order valence-corrected chi connectivity index (χ2v) is 7.53. The van der Waals surface area contributed by atoms with Gasteiger partial charge >= 0.3 is 6.09 Å². The summed E-state index contributed by atoms with van der Waals surface area (Å²) in [5.74, 6) is 0.845. The number of nitrogen functional groups attached to an aromatic ring is 1. The van der Waals surface area contributed by atoms with Crippen molar-refractivity contribution in [2.24, 2.45) is 5.73 Å². The van der Waals surface area contributed by atoms with Crippen LogP contribution in [-0.2, 0) is 0 Å². The van der Waals surface area contributed by atoms with E-state index in [1.54, 1.807) is 4.57 Å². The van der Waals surface area contributed by atoms with E-state index in [0.29, 0.717) is 37.4 Å².